The van der Waals surface area contributed by atoms with Gasteiger partial charge in [0.25, 0.3) is 0 Å². The molecule has 1 atom stereocenters. The Labute approximate surface area is 175 Å². The van der Waals surface area contributed by atoms with Crippen LogP contribution in [0.15, 0.2) is 65.3 Å². The molecule has 0 amide bonds. The molecule has 9 heteroatoms. The number of halogens is 1. The van der Waals surface area contributed by atoms with Crippen LogP contribution >= 0.6 is 0 Å². The van der Waals surface area contributed by atoms with Crippen molar-refractivity contribution in [2.45, 2.75) is 6.92 Å². The lowest BCUT2D eigenvalue weighted by molar-refractivity contribution is -1.92. The van der Waals surface area contributed by atoms with E-state index in [2.05, 4.69) is 29.0 Å². The molecule has 1 unspecified atom stereocenters. The average molecular weight is 433 g/mol. The minimum Gasteiger partial charge on any atom is -0.497 e. The largest absolute Gasteiger partial charge is 0.497 e. The first-order valence-corrected chi connectivity index (χ1v) is 10.3. The molecule has 0 saturated carbocycles. The fourth-order valence-electron chi connectivity index (χ4n) is 3.31. The van der Waals surface area contributed by atoms with Crippen molar-refractivity contribution >= 4 is 22.4 Å². The number of fused-ring (bicyclic) bond motifs is 2. The van der Waals surface area contributed by atoms with Crippen LogP contribution in [0.4, 0.5) is 0 Å². The van der Waals surface area contributed by atoms with Gasteiger partial charge in [-0.05, 0) is 53.6 Å². The van der Waals surface area contributed by atoms with Gasteiger partial charge in [0.1, 0.15) is 11.6 Å². The first-order chi connectivity index (χ1) is 14.1. The van der Waals surface area contributed by atoms with E-state index in [0.29, 0.717) is 13.1 Å². The van der Waals surface area contributed by atoms with Crippen LogP contribution in [-0.4, -0.2) is 41.4 Å². The lowest BCUT2D eigenvalue weighted by Gasteiger charge is -2.31. The molecular weight excluding hydrogens is 412 g/mol. The molecule has 0 bridgehead atoms. The second-order valence-electron chi connectivity index (χ2n) is 6.94. The molecule has 30 heavy (non-hydrogen) atoms. The number of ether oxygens (including phenoxy) is 1. The summed E-state index contributed by atoms with van der Waals surface area (Å²) in [5.41, 5.74) is 1.93. The van der Waals surface area contributed by atoms with Crippen LogP contribution in [0.3, 0.4) is 0 Å². The number of hydrogen-bond acceptors (Lipinski definition) is 8. The smallest absolute Gasteiger partial charge is 0.169 e. The van der Waals surface area contributed by atoms with E-state index in [-0.39, 0.29) is 11.7 Å². The molecule has 2 aliphatic heterocycles. The van der Waals surface area contributed by atoms with Gasteiger partial charge in [-0.1, -0.05) is 18.2 Å². The zero-order chi connectivity index (χ0) is 21.9. The molecule has 2 aromatic carbocycles. The van der Waals surface area contributed by atoms with Crippen LogP contribution < -0.4 is 18.7 Å². The highest BCUT2D eigenvalue weighted by Crippen LogP contribution is 2.25. The van der Waals surface area contributed by atoms with Gasteiger partial charge in [-0.25, -0.2) is 0 Å². The number of methoxy groups -OCH3 is 1. The molecule has 2 aliphatic rings. The maximum absolute atomic E-state index is 12.9. The van der Waals surface area contributed by atoms with Crippen molar-refractivity contribution in [3.05, 3.63) is 65.9 Å². The van der Waals surface area contributed by atoms with Gasteiger partial charge in [-0.3, -0.25) is 9.79 Å². The van der Waals surface area contributed by atoms with Crippen molar-refractivity contribution < 1.29 is 38.4 Å². The quantitative estimate of drug-likeness (QED) is 0.659. The van der Waals surface area contributed by atoms with E-state index in [1.165, 1.54) is 5.57 Å². The van der Waals surface area contributed by atoms with Gasteiger partial charge in [-0.2, -0.15) is 14.0 Å². The van der Waals surface area contributed by atoms with Crippen LogP contribution in [-0.2, 0) is 0 Å². The molecule has 158 valence electrons. The molecule has 1 N–H and O–H groups in total. The number of hydrogen-bond donors (Lipinski definition) is 1. The van der Waals surface area contributed by atoms with Crippen LogP contribution in [0.1, 0.15) is 17.3 Å². The molecule has 4 rings (SSSR count). The van der Waals surface area contributed by atoms with Crippen molar-refractivity contribution in [2.75, 3.05) is 20.2 Å². The number of carbonyl (C=O) groups excluding carboxylic acids is 1. The summed E-state index contributed by atoms with van der Waals surface area (Å²) in [7, 11) is -3.04. The normalized spacial score (nSPS) is 18.1. The van der Waals surface area contributed by atoms with Gasteiger partial charge in [0.05, 0.1) is 34.5 Å². The van der Waals surface area contributed by atoms with Crippen LogP contribution in [0, 0.1) is 16.2 Å². The second kappa shape index (κ2) is 8.95. The number of allylic oxidation sites excluding steroid dienone is 2. The molecule has 2 heterocycles. The predicted octanol–water partition coefficient (Wildman–Crippen LogP) is -0.289. The molecule has 2 aromatic rings. The maximum atomic E-state index is 12.9. The Morgan fingerprint density at radius 2 is 1.87 bits per heavy atom. The maximum Gasteiger partial charge on any atom is 0.169 e. The van der Waals surface area contributed by atoms with Gasteiger partial charge in [0, 0.05) is 18.3 Å². The molecule has 0 aromatic heterocycles. The number of amidine groups is 1. The monoisotopic (exact) mass is 432 g/mol. The Morgan fingerprint density at radius 3 is 2.57 bits per heavy atom. The standard InChI is InChI=1S/C21H20N2O2.ClHO4/c1-14-7-8-23-13-18(12-22-20(23)9-14)21(24)17-4-3-16-11-19(25-2)6-5-15(16)10-17;2-1(3,4)5/h3-11,18H,12-13H2,1-2H3;(H,2,3,4,5). The van der Waals surface area contributed by atoms with E-state index < -0.39 is 10.2 Å². The molecule has 0 radical (unpaired) electrons. The summed E-state index contributed by atoms with van der Waals surface area (Å²) in [5.74, 6) is 1.81. The summed E-state index contributed by atoms with van der Waals surface area (Å²) in [4.78, 5) is 19.6. The van der Waals surface area contributed by atoms with Crippen LogP contribution in [0.5, 0.6) is 5.75 Å². The second-order valence-corrected chi connectivity index (χ2v) is 7.73. The average Bonchev–Trinajstić information content (AvgIpc) is 2.70. The molecular formula is C21H21ClN2O6. The summed E-state index contributed by atoms with van der Waals surface area (Å²) < 4.78 is 38.0. The highest BCUT2D eigenvalue weighted by molar-refractivity contribution is 6.03. The number of Topliss-reactive ketones (excluding diaryl/α,β-unsaturated/α-hetero) is 1. The Kier molecular flexibility index (Phi) is 6.55. The number of ketones is 1. The first-order valence-electron chi connectivity index (χ1n) is 9.07. The lowest BCUT2D eigenvalue weighted by atomic mass is 9.93. The van der Waals surface area contributed by atoms with Gasteiger partial charge < -0.3 is 9.64 Å². The van der Waals surface area contributed by atoms with E-state index in [4.69, 9.17) is 23.4 Å². The minimum atomic E-state index is -4.69. The summed E-state index contributed by atoms with van der Waals surface area (Å²) in [6.45, 7) is 3.28. The lowest BCUT2D eigenvalue weighted by Crippen LogP contribution is -2.58. The minimum absolute atomic E-state index is 0.115. The van der Waals surface area contributed by atoms with E-state index >= 15 is 0 Å². The summed E-state index contributed by atoms with van der Waals surface area (Å²) >= 11 is 0. The third-order valence-corrected chi connectivity index (χ3v) is 4.76. The molecule has 8 nitrogen and oxygen atoms in total. The van der Waals surface area contributed by atoms with Crippen molar-refractivity contribution in [3.8, 4) is 5.75 Å². The molecule has 0 fully saturated rings. The predicted molar refractivity (Wildman–Crippen MR) is 102 cm³/mol. The SMILES string of the molecule is COc1ccc2cc(C(=O)C3CN=C4C=C(C)C=CN4C3)ccc2c1.[O-][Cl+3]([O-])([O-])O. The zero-order valence-corrected chi connectivity index (χ0v) is 17.2. The van der Waals surface area contributed by atoms with Gasteiger partial charge in [0.15, 0.2) is 5.78 Å². The Bertz CT molecular complexity index is 1040. The van der Waals surface area contributed by atoms with E-state index in [1.54, 1.807) is 7.11 Å². The van der Waals surface area contributed by atoms with Crippen LogP contribution in [0.2, 0.25) is 0 Å². The van der Waals surface area contributed by atoms with Crippen molar-refractivity contribution in [3.63, 3.8) is 0 Å². The topological polar surface area (TPSA) is 131 Å². The van der Waals surface area contributed by atoms with E-state index in [0.717, 1.165) is 27.9 Å². The van der Waals surface area contributed by atoms with Gasteiger partial charge in [-0.15, -0.1) is 0 Å². The highest BCUT2D eigenvalue weighted by atomic mass is 35.7. The number of aliphatic imine (C=N–C) groups is 1. The Balaban J connectivity index is 0.000000461. The highest BCUT2D eigenvalue weighted by Gasteiger charge is 2.27. The summed E-state index contributed by atoms with van der Waals surface area (Å²) in [6.07, 6.45) is 6.12. The number of nitrogens with zero attached hydrogens (tertiary/aromatic N) is 2. The fourth-order valence-corrected chi connectivity index (χ4v) is 3.31. The zero-order valence-electron chi connectivity index (χ0n) is 16.4. The van der Waals surface area contributed by atoms with Crippen molar-refractivity contribution in [2.24, 2.45) is 10.9 Å². The number of rotatable bonds is 3. The Morgan fingerprint density at radius 1 is 1.20 bits per heavy atom. The number of benzene rings is 2. The summed E-state index contributed by atoms with van der Waals surface area (Å²) in [6, 6.07) is 11.7. The van der Waals surface area contributed by atoms with E-state index in [1.807, 2.05) is 42.6 Å². The third-order valence-electron chi connectivity index (χ3n) is 4.76. The molecule has 0 aliphatic carbocycles. The number of carbonyl (C=O) groups is 1. The third kappa shape index (κ3) is 5.65. The van der Waals surface area contributed by atoms with Crippen molar-refractivity contribution in [1.29, 1.82) is 0 Å². The first kappa shape index (κ1) is 21.9. The molecule has 0 saturated heterocycles. The molecule has 0 spiro atoms. The van der Waals surface area contributed by atoms with Gasteiger partial charge >= 0.3 is 0 Å². The van der Waals surface area contributed by atoms with E-state index in [9.17, 15) is 4.79 Å². The fraction of sp³-hybridized carbons (Fsp3) is 0.238. The Hall–Kier alpha value is -2.75. The van der Waals surface area contributed by atoms with Crippen LogP contribution in [0.25, 0.3) is 10.8 Å². The summed E-state index contributed by atoms with van der Waals surface area (Å²) in [5, 5.41) is 2.11. The van der Waals surface area contributed by atoms with Crippen molar-refractivity contribution in [1.82, 2.24) is 4.90 Å². The van der Waals surface area contributed by atoms with Gasteiger partial charge in [0.2, 0.25) is 0 Å².